The molecule has 3 nitrogen and oxygen atoms in total. The lowest BCUT2D eigenvalue weighted by Gasteiger charge is -2.22. The molecule has 1 saturated heterocycles. The van der Waals surface area contributed by atoms with Gasteiger partial charge in [-0.3, -0.25) is 9.69 Å². The molecule has 4 heteroatoms. The van der Waals surface area contributed by atoms with E-state index in [4.69, 9.17) is 0 Å². The topological polar surface area (TPSA) is 36.1 Å². The van der Waals surface area contributed by atoms with E-state index in [-0.39, 0.29) is 5.78 Å². The van der Waals surface area contributed by atoms with Gasteiger partial charge in [0.15, 0.2) is 5.78 Å². The van der Waals surface area contributed by atoms with Crippen LogP contribution >= 0.6 is 11.3 Å². The maximum absolute atomic E-state index is 12.7. The van der Waals surface area contributed by atoms with E-state index in [0.717, 1.165) is 29.4 Å². The monoisotopic (exact) mass is 310 g/mol. The van der Waals surface area contributed by atoms with Crippen LogP contribution in [0.3, 0.4) is 0 Å². The van der Waals surface area contributed by atoms with Crippen molar-refractivity contribution in [1.82, 2.24) is 9.88 Å². The zero-order valence-electron chi connectivity index (χ0n) is 12.3. The Labute approximate surface area is 133 Å². The first-order valence-corrected chi connectivity index (χ1v) is 8.57. The van der Waals surface area contributed by atoms with Gasteiger partial charge in [0.25, 0.3) is 0 Å². The fraction of sp³-hybridized carbons (Fsp3) is 0.278. The molecule has 112 valence electrons. The van der Waals surface area contributed by atoms with Gasteiger partial charge < -0.3 is 4.98 Å². The number of nitrogens with zero attached hydrogens (tertiary/aromatic N) is 1. The Morgan fingerprint density at radius 2 is 2.18 bits per heavy atom. The summed E-state index contributed by atoms with van der Waals surface area (Å²) in [5.41, 5.74) is 1.84. The molecule has 1 aliphatic rings. The van der Waals surface area contributed by atoms with Crippen LogP contribution in [0.15, 0.2) is 48.0 Å². The quantitative estimate of drug-likeness (QED) is 0.731. The van der Waals surface area contributed by atoms with E-state index in [9.17, 15) is 4.79 Å². The van der Waals surface area contributed by atoms with Gasteiger partial charge in [-0.15, -0.1) is 11.3 Å². The molecule has 0 amide bonds. The first-order chi connectivity index (χ1) is 10.8. The maximum atomic E-state index is 12.7. The Morgan fingerprint density at radius 3 is 3.05 bits per heavy atom. The van der Waals surface area contributed by atoms with Crippen LogP contribution in [0.2, 0.25) is 0 Å². The van der Waals surface area contributed by atoms with Crippen molar-refractivity contribution in [2.75, 3.05) is 13.1 Å². The Morgan fingerprint density at radius 1 is 1.27 bits per heavy atom. The van der Waals surface area contributed by atoms with E-state index >= 15 is 0 Å². The number of likely N-dealkylation sites (tertiary alicyclic amines) is 1. The van der Waals surface area contributed by atoms with Crippen LogP contribution in [-0.4, -0.2) is 28.8 Å². The van der Waals surface area contributed by atoms with Gasteiger partial charge >= 0.3 is 0 Å². The molecule has 1 aliphatic heterocycles. The molecular formula is C18H18N2OS. The van der Waals surface area contributed by atoms with Gasteiger partial charge in [0.2, 0.25) is 0 Å². The molecule has 0 aliphatic carbocycles. The van der Waals surface area contributed by atoms with Crippen molar-refractivity contribution < 1.29 is 4.79 Å². The number of H-pyrrole nitrogens is 1. The summed E-state index contributed by atoms with van der Waals surface area (Å²) >= 11 is 1.79. The average Bonchev–Trinajstić information content (AvgIpc) is 3.27. The van der Waals surface area contributed by atoms with Crippen LogP contribution in [0, 0.1) is 0 Å². The first-order valence-electron chi connectivity index (χ1n) is 7.70. The molecule has 3 heterocycles. The first kappa shape index (κ1) is 13.7. The minimum absolute atomic E-state index is 0.209. The SMILES string of the molecule is O=C(CN1CCCC1c1cccs1)c1c[nH]c2ccccc12. The van der Waals surface area contributed by atoms with E-state index in [2.05, 4.69) is 27.4 Å². The molecule has 0 bridgehead atoms. The Hall–Kier alpha value is -1.91. The zero-order valence-corrected chi connectivity index (χ0v) is 13.1. The summed E-state index contributed by atoms with van der Waals surface area (Å²) in [6.07, 6.45) is 4.18. The number of nitrogens with one attached hydrogen (secondary N) is 1. The molecule has 2 aromatic heterocycles. The predicted octanol–water partition coefficient (Wildman–Crippen LogP) is 4.25. The highest BCUT2D eigenvalue weighted by atomic mass is 32.1. The summed E-state index contributed by atoms with van der Waals surface area (Å²) < 4.78 is 0. The molecule has 3 aromatic rings. The van der Waals surface area contributed by atoms with Gasteiger partial charge in [0, 0.05) is 33.6 Å². The molecule has 1 atom stereocenters. The second kappa shape index (κ2) is 5.71. The molecule has 1 unspecified atom stereocenters. The Kier molecular flexibility index (Phi) is 3.56. The van der Waals surface area contributed by atoms with Crippen LogP contribution in [0.1, 0.15) is 34.1 Å². The Balaban J connectivity index is 1.56. The van der Waals surface area contributed by atoms with Gasteiger partial charge in [-0.1, -0.05) is 24.3 Å². The van der Waals surface area contributed by atoms with Crippen LogP contribution in [-0.2, 0) is 0 Å². The number of carbonyl (C=O) groups excluding carboxylic acids is 1. The number of ketones is 1. The predicted molar refractivity (Wildman–Crippen MR) is 90.5 cm³/mol. The number of Topliss-reactive ketones (excluding diaryl/α,β-unsaturated/α-hetero) is 1. The number of hydrogen-bond donors (Lipinski definition) is 1. The van der Waals surface area contributed by atoms with Gasteiger partial charge in [0.05, 0.1) is 6.54 Å². The highest BCUT2D eigenvalue weighted by molar-refractivity contribution is 7.10. The number of aromatic nitrogens is 1. The molecule has 1 fully saturated rings. The van der Waals surface area contributed by atoms with Crippen molar-refractivity contribution in [3.8, 4) is 0 Å². The Bertz CT molecular complexity index is 790. The van der Waals surface area contributed by atoms with Gasteiger partial charge in [0.1, 0.15) is 0 Å². The number of fused-ring (bicyclic) bond motifs is 1. The van der Waals surface area contributed by atoms with Crippen molar-refractivity contribution in [3.63, 3.8) is 0 Å². The fourth-order valence-electron chi connectivity index (χ4n) is 3.39. The largest absolute Gasteiger partial charge is 0.360 e. The summed E-state index contributed by atoms with van der Waals surface area (Å²) in [5, 5.41) is 3.15. The van der Waals surface area contributed by atoms with E-state index in [1.807, 2.05) is 30.5 Å². The van der Waals surface area contributed by atoms with Crippen molar-refractivity contribution >= 4 is 28.0 Å². The molecule has 4 rings (SSSR count). The smallest absolute Gasteiger partial charge is 0.178 e. The highest BCUT2D eigenvalue weighted by Gasteiger charge is 2.28. The fourth-order valence-corrected chi connectivity index (χ4v) is 4.29. The molecular weight excluding hydrogens is 292 g/mol. The second-order valence-electron chi connectivity index (χ2n) is 5.82. The molecule has 1 N–H and O–H groups in total. The lowest BCUT2D eigenvalue weighted by Crippen LogP contribution is -2.29. The normalized spacial score (nSPS) is 19.0. The van der Waals surface area contributed by atoms with Gasteiger partial charge in [-0.05, 0) is 36.9 Å². The maximum Gasteiger partial charge on any atom is 0.178 e. The van der Waals surface area contributed by atoms with Crippen molar-refractivity contribution in [2.24, 2.45) is 0 Å². The third-order valence-electron chi connectivity index (χ3n) is 4.47. The summed E-state index contributed by atoms with van der Waals surface area (Å²) in [7, 11) is 0. The standard InChI is InChI=1S/C18H18N2OS/c21-17(14-11-19-15-6-2-1-5-13(14)15)12-20-9-3-7-16(20)18-8-4-10-22-18/h1-2,4-6,8,10-11,16,19H,3,7,9,12H2. The van der Waals surface area contributed by atoms with Crippen molar-refractivity contribution in [1.29, 1.82) is 0 Å². The van der Waals surface area contributed by atoms with Gasteiger partial charge in [-0.2, -0.15) is 0 Å². The molecule has 0 saturated carbocycles. The third kappa shape index (κ3) is 2.38. The molecule has 0 radical (unpaired) electrons. The third-order valence-corrected chi connectivity index (χ3v) is 5.45. The second-order valence-corrected chi connectivity index (χ2v) is 6.79. The number of aromatic amines is 1. The molecule has 1 aromatic carbocycles. The number of rotatable bonds is 4. The van der Waals surface area contributed by atoms with E-state index < -0.39 is 0 Å². The molecule has 0 spiro atoms. The highest BCUT2D eigenvalue weighted by Crippen LogP contribution is 2.34. The van der Waals surface area contributed by atoms with E-state index in [0.29, 0.717) is 12.6 Å². The van der Waals surface area contributed by atoms with Crippen molar-refractivity contribution in [3.05, 3.63) is 58.4 Å². The summed E-state index contributed by atoms with van der Waals surface area (Å²) in [4.78, 5) is 19.6. The number of benzene rings is 1. The minimum atomic E-state index is 0.209. The van der Waals surface area contributed by atoms with Crippen molar-refractivity contribution in [2.45, 2.75) is 18.9 Å². The lowest BCUT2D eigenvalue weighted by molar-refractivity contribution is 0.0924. The summed E-state index contributed by atoms with van der Waals surface area (Å²) in [5.74, 6) is 0.209. The van der Waals surface area contributed by atoms with Gasteiger partial charge in [-0.25, -0.2) is 0 Å². The average molecular weight is 310 g/mol. The van der Waals surface area contributed by atoms with E-state index in [1.165, 1.54) is 11.3 Å². The number of carbonyl (C=O) groups is 1. The minimum Gasteiger partial charge on any atom is -0.360 e. The summed E-state index contributed by atoms with van der Waals surface area (Å²) in [6, 6.07) is 12.7. The van der Waals surface area contributed by atoms with Crippen LogP contribution < -0.4 is 0 Å². The number of hydrogen-bond acceptors (Lipinski definition) is 3. The number of thiophene rings is 1. The van der Waals surface area contributed by atoms with Crippen LogP contribution in [0.5, 0.6) is 0 Å². The summed E-state index contributed by atoms with van der Waals surface area (Å²) in [6.45, 7) is 1.51. The van der Waals surface area contributed by atoms with Crippen LogP contribution in [0.25, 0.3) is 10.9 Å². The zero-order chi connectivity index (χ0) is 14.9. The number of para-hydroxylation sites is 1. The van der Waals surface area contributed by atoms with E-state index in [1.54, 1.807) is 11.3 Å². The van der Waals surface area contributed by atoms with Crippen LogP contribution in [0.4, 0.5) is 0 Å². The lowest BCUT2D eigenvalue weighted by atomic mass is 10.1. The molecule has 22 heavy (non-hydrogen) atoms.